The molecule has 148 valence electrons. The lowest BCUT2D eigenvalue weighted by Gasteiger charge is -2.19. The first-order valence-corrected chi connectivity index (χ1v) is 10.3. The van der Waals surface area contributed by atoms with Gasteiger partial charge < -0.3 is 4.74 Å². The molecule has 5 aromatic rings. The maximum atomic E-state index is 12.6. The molecule has 0 saturated heterocycles. The van der Waals surface area contributed by atoms with Crippen LogP contribution in [0.4, 0.5) is 0 Å². The Hall–Kier alpha value is -3.39. The molecule has 0 aliphatic rings. The lowest BCUT2D eigenvalue weighted by molar-refractivity contribution is 0.0474. The monoisotopic (exact) mass is 392 g/mol. The summed E-state index contributed by atoms with van der Waals surface area (Å²) >= 11 is 0. The second-order valence-corrected chi connectivity index (χ2v) is 8.98. The number of hydrogen-bond acceptors (Lipinski definition) is 2. The van der Waals surface area contributed by atoms with Gasteiger partial charge in [-0.05, 0) is 61.0 Å². The van der Waals surface area contributed by atoms with Gasteiger partial charge in [-0.15, -0.1) is 0 Å². The quantitative estimate of drug-likeness (QED) is 0.239. The molecule has 0 N–H and O–H groups in total. The van der Waals surface area contributed by atoms with Crippen LogP contribution >= 0.6 is 0 Å². The molecule has 0 aromatic heterocycles. The molecule has 0 unspecified atom stereocenters. The first-order chi connectivity index (χ1) is 14.4. The molecule has 0 atom stereocenters. The zero-order valence-corrected chi connectivity index (χ0v) is 17.5. The third kappa shape index (κ3) is 3.09. The van der Waals surface area contributed by atoms with Gasteiger partial charge in [0.1, 0.15) is 6.61 Å². The van der Waals surface area contributed by atoms with Gasteiger partial charge in [-0.1, -0.05) is 87.5 Å². The predicted molar refractivity (Wildman–Crippen MR) is 124 cm³/mol. The Kier molecular flexibility index (Phi) is 4.25. The second kappa shape index (κ2) is 6.84. The highest BCUT2D eigenvalue weighted by Crippen LogP contribution is 2.36. The number of esters is 1. The Morgan fingerprint density at radius 1 is 0.733 bits per heavy atom. The van der Waals surface area contributed by atoms with Gasteiger partial charge in [-0.3, -0.25) is 0 Å². The minimum atomic E-state index is -0.291. The van der Waals surface area contributed by atoms with Crippen molar-refractivity contribution >= 4 is 38.3 Å². The van der Waals surface area contributed by atoms with Gasteiger partial charge in [-0.2, -0.15) is 0 Å². The average molecular weight is 392 g/mol. The molecule has 2 nitrogen and oxygen atoms in total. The van der Waals surface area contributed by atoms with E-state index in [1.54, 1.807) is 0 Å². The molecule has 5 rings (SSSR count). The van der Waals surface area contributed by atoms with Gasteiger partial charge in [0.15, 0.2) is 0 Å². The molecule has 0 aliphatic heterocycles. The molecular formula is C28H24O2. The highest BCUT2D eigenvalue weighted by atomic mass is 16.5. The summed E-state index contributed by atoms with van der Waals surface area (Å²) in [5, 5.41) is 7.35. The Bertz CT molecular complexity index is 1360. The van der Waals surface area contributed by atoms with E-state index in [-0.39, 0.29) is 18.0 Å². The number of carbonyl (C=O) groups is 1. The minimum absolute atomic E-state index is 0.0597. The molecule has 30 heavy (non-hydrogen) atoms. The minimum Gasteiger partial charge on any atom is -0.457 e. The molecular weight excluding hydrogens is 368 g/mol. The third-order valence-electron chi connectivity index (χ3n) is 5.96. The lowest BCUT2D eigenvalue weighted by Crippen LogP contribution is -2.12. The van der Waals surface area contributed by atoms with E-state index in [2.05, 4.69) is 75.4 Å². The summed E-state index contributed by atoms with van der Waals surface area (Å²) in [7, 11) is 0. The Balaban J connectivity index is 1.46. The van der Waals surface area contributed by atoms with E-state index in [0.717, 1.165) is 10.9 Å². The van der Waals surface area contributed by atoms with Gasteiger partial charge in [0, 0.05) is 0 Å². The predicted octanol–water partition coefficient (Wildman–Crippen LogP) is 7.24. The van der Waals surface area contributed by atoms with Crippen molar-refractivity contribution in [2.75, 3.05) is 0 Å². The van der Waals surface area contributed by atoms with Crippen molar-refractivity contribution < 1.29 is 9.53 Å². The SMILES string of the molecule is CC(C)(C)c1ccc(C(=O)OCc2ccc3ccc4cccc5ccc2c3c45)cc1. The zero-order chi connectivity index (χ0) is 20.9. The van der Waals surface area contributed by atoms with Crippen molar-refractivity contribution in [3.63, 3.8) is 0 Å². The maximum Gasteiger partial charge on any atom is 0.338 e. The van der Waals surface area contributed by atoms with Crippen LogP contribution in [0.15, 0.2) is 78.9 Å². The molecule has 0 spiro atoms. The molecule has 0 fully saturated rings. The Morgan fingerprint density at radius 3 is 2.00 bits per heavy atom. The van der Waals surface area contributed by atoms with Gasteiger partial charge in [0.05, 0.1) is 5.56 Å². The highest BCUT2D eigenvalue weighted by molar-refractivity contribution is 6.23. The van der Waals surface area contributed by atoms with Crippen LogP contribution in [0.5, 0.6) is 0 Å². The summed E-state index contributed by atoms with van der Waals surface area (Å²) in [5.41, 5.74) is 2.87. The standard InChI is InChI=1S/C28H24O2/c1-28(2,3)23-14-11-21(12-15-23)27(29)30-17-22-10-9-20-8-7-18-5-4-6-19-13-16-24(22)26(20)25(18)19/h4-16H,17H2,1-3H3. The summed E-state index contributed by atoms with van der Waals surface area (Å²) in [4.78, 5) is 12.6. The number of carbonyl (C=O) groups excluding carboxylic acids is 1. The van der Waals surface area contributed by atoms with Crippen LogP contribution in [0.1, 0.15) is 42.3 Å². The highest BCUT2D eigenvalue weighted by Gasteiger charge is 2.16. The normalized spacial score (nSPS) is 12.1. The molecule has 0 aliphatic carbocycles. The van der Waals surface area contributed by atoms with Crippen LogP contribution in [-0.4, -0.2) is 5.97 Å². The van der Waals surface area contributed by atoms with E-state index in [9.17, 15) is 4.79 Å². The van der Waals surface area contributed by atoms with Gasteiger partial charge >= 0.3 is 5.97 Å². The van der Waals surface area contributed by atoms with Crippen LogP contribution in [0.3, 0.4) is 0 Å². The van der Waals surface area contributed by atoms with Crippen molar-refractivity contribution in [3.8, 4) is 0 Å². The Labute approximate surface area is 176 Å². The van der Waals surface area contributed by atoms with Crippen molar-refractivity contribution in [1.29, 1.82) is 0 Å². The summed E-state index contributed by atoms with van der Waals surface area (Å²) in [5.74, 6) is -0.291. The first kappa shape index (κ1) is 18.6. The van der Waals surface area contributed by atoms with Crippen LogP contribution < -0.4 is 0 Å². The number of rotatable bonds is 3. The zero-order valence-electron chi connectivity index (χ0n) is 17.5. The fraction of sp³-hybridized carbons (Fsp3) is 0.179. The van der Waals surface area contributed by atoms with E-state index in [1.807, 2.05) is 24.3 Å². The average Bonchev–Trinajstić information content (AvgIpc) is 2.75. The second-order valence-electron chi connectivity index (χ2n) is 8.98. The van der Waals surface area contributed by atoms with E-state index in [1.165, 1.54) is 32.5 Å². The van der Waals surface area contributed by atoms with E-state index in [4.69, 9.17) is 4.74 Å². The molecule has 5 aromatic carbocycles. The molecule has 0 saturated carbocycles. The van der Waals surface area contributed by atoms with Crippen molar-refractivity contribution in [1.82, 2.24) is 0 Å². The summed E-state index contributed by atoms with van der Waals surface area (Å²) in [6.07, 6.45) is 0. The molecule has 0 radical (unpaired) electrons. The fourth-order valence-electron chi connectivity index (χ4n) is 4.25. The van der Waals surface area contributed by atoms with Gasteiger partial charge in [-0.25, -0.2) is 4.79 Å². The third-order valence-corrected chi connectivity index (χ3v) is 5.96. The first-order valence-electron chi connectivity index (χ1n) is 10.3. The lowest BCUT2D eigenvalue weighted by atomic mass is 9.87. The number of benzene rings is 5. The van der Waals surface area contributed by atoms with Crippen LogP contribution in [0.25, 0.3) is 32.3 Å². The van der Waals surface area contributed by atoms with E-state index in [0.29, 0.717) is 5.56 Å². The summed E-state index contributed by atoms with van der Waals surface area (Å²) < 4.78 is 5.69. The molecule has 0 amide bonds. The van der Waals surface area contributed by atoms with E-state index >= 15 is 0 Å². The fourth-order valence-corrected chi connectivity index (χ4v) is 4.25. The van der Waals surface area contributed by atoms with Crippen molar-refractivity contribution in [3.05, 3.63) is 95.6 Å². The smallest absolute Gasteiger partial charge is 0.338 e. The topological polar surface area (TPSA) is 26.3 Å². The van der Waals surface area contributed by atoms with Crippen LogP contribution in [0, 0.1) is 0 Å². The van der Waals surface area contributed by atoms with Crippen molar-refractivity contribution in [2.24, 2.45) is 0 Å². The van der Waals surface area contributed by atoms with E-state index < -0.39 is 0 Å². The van der Waals surface area contributed by atoms with Crippen molar-refractivity contribution in [2.45, 2.75) is 32.8 Å². The Morgan fingerprint density at radius 2 is 1.33 bits per heavy atom. The molecule has 2 heteroatoms. The van der Waals surface area contributed by atoms with Gasteiger partial charge in [0.25, 0.3) is 0 Å². The molecule has 0 heterocycles. The molecule has 0 bridgehead atoms. The largest absolute Gasteiger partial charge is 0.457 e. The summed E-state index contributed by atoms with van der Waals surface area (Å²) in [6.45, 7) is 6.74. The summed E-state index contributed by atoms with van der Waals surface area (Å²) in [6, 6.07) is 26.9. The van der Waals surface area contributed by atoms with Crippen LogP contribution in [-0.2, 0) is 16.8 Å². The number of ether oxygens (including phenoxy) is 1. The van der Waals surface area contributed by atoms with Crippen LogP contribution in [0.2, 0.25) is 0 Å². The van der Waals surface area contributed by atoms with Gasteiger partial charge in [0.2, 0.25) is 0 Å². The maximum absolute atomic E-state index is 12.6. The number of hydrogen-bond donors (Lipinski definition) is 0.